The molecule has 0 atom stereocenters. The van der Waals surface area contributed by atoms with Crippen LogP contribution in [0.1, 0.15) is 37.8 Å². The monoisotopic (exact) mass is 617 g/mol. The first-order chi connectivity index (χ1) is 19.7. The molecule has 1 aliphatic heterocycles. The number of sulfonamides is 1. The molecule has 4 rings (SSSR count). The minimum absolute atomic E-state index is 0.00369. The van der Waals surface area contributed by atoms with Gasteiger partial charge in [0.1, 0.15) is 10.0 Å². The lowest BCUT2D eigenvalue weighted by molar-refractivity contribution is -0.118. The predicted octanol–water partition coefficient (Wildman–Crippen LogP) is 5.40. The zero-order valence-electron chi connectivity index (χ0n) is 22.3. The van der Waals surface area contributed by atoms with E-state index in [1.807, 2.05) is 36.8 Å². The molecule has 216 valence electrons. The van der Waals surface area contributed by atoms with Crippen molar-refractivity contribution in [2.75, 3.05) is 13.2 Å². The zero-order chi connectivity index (χ0) is 29.4. The standard InChI is InChI=1S/C28H28FN3O6S3/c1-3-11-37-22-10-7-18(14-23(22)38-12-4-2)15-24-27(34)31-28(40-24)30-20-9-8-19(21(29)17-20)16-25(33)32-41(35,36)26-6-5-13-39-26/h5-10,13-15,17H,3-4,11-12,16H2,1-2H3,(H,32,33)(H,30,31,34)/b24-15+. The first kappa shape index (κ1) is 30.3. The predicted molar refractivity (Wildman–Crippen MR) is 159 cm³/mol. The van der Waals surface area contributed by atoms with Gasteiger partial charge in [0.05, 0.1) is 30.2 Å². The summed E-state index contributed by atoms with van der Waals surface area (Å²) in [4.78, 5) is 29.5. The van der Waals surface area contributed by atoms with Gasteiger partial charge in [-0.15, -0.1) is 11.3 Å². The second-order valence-electron chi connectivity index (χ2n) is 8.80. The maximum absolute atomic E-state index is 14.7. The Morgan fingerprint density at radius 2 is 1.83 bits per heavy atom. The van der Waals surface area contributed by atoms with Crippen LogP contribution in [0.2, 0.25) is 0 Å². The van der Waals surface area contributed by atoms with Crippen LogP contribution in [-0.2, 0) is 26.0 Å². The van der Waals surface area contributed by atoms with Gasteiger partial charge in [-0.2, -0.15) is 0 Å². The number of carbonyl (C=O) groups excluding carboxylic acids is 2. The average molecular weight is 618 g/mol. The number of amides is 2. The van der Waals surface area contributed by atoms with Gasteiger partial charge in [0.25, 0.3) is 15.9 Å². The highest BCUT2D eigenvalue weighted by Crippen LogP contribution is 2.33. The van der Waals surface area contributed by atoms with E-state index in [0.29, 0.717) is 29.6 Å². The maximum Gasteiger partial charge on any atom is 0.273 e. The minimum Gasteiger partial charge on any atom is -0.490 e. The molecule has 0 bridgehead atoms. The molecule has 0 unspecified atom stereocenters. The number of benzene rings is 2. The van der Waals surface area contributed by atoms with Crippen LogP contribution in [0.15, 0.2) is 68.0 Å². The Bertz CT molecular complexity index is 1590. The summed E-state index contributed by atoms with van der Waals surface area (Å²) in [5.41, 5.74) is 0.965. The van der Waals surface area contributed by atoms with E-state index in [1.54, 1.807) is 17.5 Å². The summed E-state index contributed by atoms with van der Waals surface area (Å²) in [6.07, 6.45) is 2.93. The van der Waals surface area contributed by atoms with Crippen LogP contribution >= 0.6 is 23.1 Å². The van der Waals surface area contributed by atoms with Crippen LogP contribution in [0.5, 0.6) is 11.5 Å². The fourth-order valence-electron chi connectivity index (χ4n) is 3.59. The summed E-state index contributed by atoms with van der Waals surface area (Å²) >= 11 is 2.07. The molecule has 1 aliphatic rings. The fourth-order valence-corrected chi connectivity index (χ4v) is 6.41. The van der Waals surface area contributed by atoms with Crippen molar-refractivity contribution in [1.82, 2.24) is 10.0 Å². The molecule has 2 heterocycles. The first-order valence-corrected chi connectivity index (χ1v) is 15.9. The summed E-state index contributed by atoms with van der Waals surface area (Å²) < 4.78 is 52.7. The van der Waals surface area contributed by atoms with E-state index < -0.39 is 28.2 Å². The molecule has 2 amide bonds. The Morgan fingerprint density at radius 3 is 2.51 bits per heavy atom. The van der Waals surface area contributed by atoms with E-state index in [-0.39, 0.29) is 26.5 Å². The SMILES string of the molecule is CCCOc1ccc(/C=C2/SC(=Nc3ccc(CC(=O)NS(=O)(=O)c4cccs4)c(F)c3)NC2=O)cc1OCCC. The Balaban J connectivity index is 1.44. The number of thioether (sulfide) groups is 1. The molecule has 2 N–H and O–H groups in total. The van der Waals surface area contributed by atoms with E-state index in [9.17, 15) is 22.4 Å². The van der Waals surface area contributed by atoms with E-state index in [2.05, 4.69) is 10.3 Å². The number of aliphatic imine (C=N–C) groups is 1. The molecule has 2 aromatic carbocycles. The summed E-state index contributed by atoms with van der Waals surface area (Å²) in [6.45, 7) is 5.12. The summed E-state index contributed by atoms with van der Waals surface area (Å²) in [6, 6.07) is 12.3. The average Bonchev–Trinajstić information content (AvgIpc) is 3.59. The van der Waals surface area contributed by atoms with Crippen LogP contribution in [-0.4, -0.2) is 38.6 Å². The number of carbonyl (C=O) groups is 2. The Hall–Kier alpha value is -3.68. The Kier molecular flexibility index (Phi) is 10.2. The van der Waals surface area contributed by atoms with E-state index in [0.717, 1.165) is 47.6 Å². The molecule has 3 aromatic rings. The van der Waals surface area contributed by atoms with Crippen molar-refractivity contribution in [3.8, 4) is 11.5 Å². The molecule has 0 spiro atoms. The van der Waals surface area contributed by atoms with Crippen LogP contribution in [0.3, 0.4) is 0 Å². The minimum atomic E-state index is -4.01. The first-order valence-electron chi connectivity index (χ1n) is 12.7. The van der Waals surface area contributed by atoms with Gasteiger partial charge in [0.15, 0.2) is 16.7 Å². The van der Waals surface area contributed by atoms with Gasteiger partial charge < -0.3 is 14.8 Å². The van der Waals surface area contributed by atoms with Crippen molar-refractivity contribution in [3.05, 3.63) is 75.8 Å². The van der Waals surface area contributed by atoms with E-state index >= 15 is 0 Å². The smallest absolute Gasteiger partial charge is 0.273 e. The Labute approximate surface area is 245 Å². The molecule has 0 saturated carbocycles. The number of amidine groups is 1. The van der Waals surface area contributed by atoms with Gasteiger partial charge in [0, 0.05) is 0 Å². The highest BCUT2D eigenvalue weighted by atomic mass is 32.2. The number of nitrogens with zero attached hydrogens (tertiary/aromatic N) is 1. The molecule has 0 aliphatic carbocycles. The molecule has 1 saturated heterocycles. The largest absolute Gasteiger partial charge is 0.490 e. The molecular formula is C28H28FN3O6S3. The lowest BCUT2D eigenvalue weighted by atomic mass is 10.1. The highest BCUT2D eigenvalue weighted by molar-refractivity contribution is 8.18. The lowest BCUT2D eigenvalue weighted by Crippen LogP contribution is -2.31. The topological polar surface area (TPSA) is 123 Å². The molecule has 13 heteroatoms. The number of hydrogen-bond acceptors (Lipinski definition) is 9. The second kappa shape index (κ2) is 13.8. The number of nitrogens with one attached hydrogen (secondary N) is 2. The van der Waals surface area contributed by atoms with Gasteiger partial charge in [0.2, 0.25) is 5.91 Å². The lowest BCUT2D eigenvalue weighted by Gasteiger charge is -2.12. The van der Waals surface area contributed by atoms with Crippen LogP contribution in [0.25, 0.3) is 6.08 Å². The summed E-state index contributed by atoms with van der Waals surface area (Å²) in [5.74, 6) is -0.707. The molecule has 0 radical (unpaired) electrons. The molecule has 1 aromatic heterocycles. The number of thiophene rings is 1. The van der Waals surface area contributed by atoms with Gasteiger partial charge in [-0.3, -0.25) is 9.59 Å². The molecule has 41 heavy (non-hydrogen) atoms. The number of hydrogen-bond donors (Lipinski definition) is 2. The number of halogens is 1. The van der Waals surface area contributed by atoms with Gasteiger partial charge >= 0.3 is 0 Å². The number of rotatable bonds is 12. The van der Waals surface area contributed by atoms with Crippen LogP contribution in [0.4, 0.5) is 10.1 Å². The number of ether oxygens (including phenoxy) is 2. The van der Waals surface area contributed by atoms with Crippen molar-refractivity contribution in [2.24, 2.45) is 4.99 Å². The highest BCUT2D eigenvalue weighted by Gasteiger charge is 2.24. The summed E-state index contributed by atoms with van der Waals surface area (Å²) in [5, 5.41) is 4.50. The van der Waals surface area contributed by atoms with Crippen molar-refractivity contribution in [2.45, 2.75) is 37.3 Å². The molecule has 9 nitrogen and oxygen atoms in total. The van der Waals surface area contributed by atoms with Crippen molar-refractivity contribution < 1.29 is 31.9 Å². The zero-order valence-corrected chi connectivity index (χ0v) is 24.8. The third kappa shape index (κ3) is 8.18. The Morgan fingerprint density at radius 1 is 1.07 bits per heavy atom. The third-order valence-corrected chi connectivity index (χ3v) is 9.15. The van der Waals surface area contributed by atoms with Gasteiger partial charge in [-0.1, -0.05) is 32.0 Å². The normalized spacial score (nSPS) is 15.2. The fraction of sp³-hybridized carbons (Fsp3) is 0.250. The van der Waals surface area contributed by atoms with Crippen LogP contribution < -0.4 is 19.5 Å². The van der Waals surface area contributed by atoms with E-state index in [4.69, 9.17) is 9.47 Å². The van der Waals surface area contributed by atoms with Crippen LogP contribution in [0, 0.1) is 5.82 Å². The molecular weight excluding hydrogens is 590 g/mol. The quantitative estimate of drug-likeness (QED) is 0.261. The van der Waals surface area contributed by atoms with Crippen molar-refractivity contribution in [3.63, 3.8) is 0 Å². The molecule has 1 fully saturated rings. The third-order valence-electron chi connectivity index (χ3n) is 5.47. The van der Waals surface area contributed by atoms with Gasteiger partial charge in [-0.25, -0.2) is 22.5 Å². The van der Waals surface area contributed by atoms with Crippen molar-refractivity contribution >= 4 is 61.9 Å². The summed E-state index contributed by atoms with van der Waals surface area (Å²) in [7, 11) is -4.01. The van der Waals surface area contributed by atoms with Gasteiger partial charge in [-0.05, 0) is 77.5 Å². The van der Waals surface area contributed by atoms with E-state index in [1.165, 1.54) is 18.2 Å². The second-order valence-corrected chi connectivity index (χ2v) is 12.7. The van der Waals surface area contributed by atoms with Crippen molar-refractivity contribution in [1.29, 1.82) is 0 Å². The maximum atomic E-state index is 14.7.